The Bertz CT molecular complexity index is 733. The van der Waals surface area contributed by atoms with E-state index in [0.717, 1.165) is 23.1 Å². The van der Waals surface area contributed by atoms with Crippen LogP contribution in [0, 0.1) is 15.9 Å². The number of thiophene rings is 1. The largest absolute Gasteiger partial charge is 0.455 e. The molecule has 0 aliphatic carbocycles. The van der Waals surface area contributed by atoms with Gasteiger partial charge in [0.2, 0.25) is 0 Å². The molecule has 1 heterocycles. The van der Waals surface area contributed by atoms with Gasteiger partial charge in [-0.05, 0) is 17.5 Å². The SMILES string of the molecule is O=C(COC(=O)Cc1cccs1)Nc1cc([N+](=O)[O-])ccc1F. The molecule has 0 unspecified atom stereocenters. The number of rotatable bonds is 6. The van der Waals surface area contributed by atoms with Crippen molar-refractivity contribution < 1.29 is 23.6 Å². The Hall–Kier alpha value is -2.81. The summed E-state index contributed by atoms with van der Waals surface area (Å²) in [7, 11) is 0. The number of carbonyl (C=O) groups is 2. The molecule has 0 spiro atoms. The zero-order valence-electron chi connectivity index (χ0n) is 11.7. The minimum Gasteiger partial charge on any atom is -0.455 e. The Kier molecular flexibility index (Phi) is 5.36. The average Bonchev–Trinajstić information content (AvgIpc) is 3.00. The first kappa shape index (κ1) is 16.6. The zero-order valence-corrected chi connectivity index (χ0v) is 12.5. The lowest BCUT2D eigenvalue weighted by Gasteiger charge is -2.07. The van der Waals surface area contributed by atoms with Crippen LogP contribution in [0.25, 0.3) is 0 Å². The van der Waals surface area contributed by atoms with Gasteiger partial charge in [0, 0.05) is 17.0 Å². The number of nitro groups is 1. The molecule has 0 radical (unpaired) electrons. The lowest BCUT2D eigenvalue weighted by atomic mass is 10.2. The molecule has 2 aromatic rings. The molecule has 0 aliphatic heterocycles. The molecule has 1 aromatic carbocycles. The van der Waals surface area contributed by atoms with Gasteiger partial charge in [-0.25, -0.2) is 4.39 Å². The first-order valence-electron chi connectivity index (χ1n) is 6.37. The summed E-state index contributed by atoms with van der Waals surface area (Å²) in [6, 6.07) is 6.28. The monoisotopic (exact) mass is 338 g/mol. The van der Waals surface area contributed by atoms with Gasteiger partial charge >= 0.3 is 5.97 Å². The van der Waals surface area contributed by atoms with Gasteiger partial charge in [-0.15, -0.1) is 11.3 Å². The Balaban J connectivity index is 1.88. The Labute approximate surface area is 133 Å². The second-order valence-corrected chi connectivity index (χ2v) is 5.42. The van der Waals surface area contributed by atoms with Crippen LogP contribution in [0.1, 0.15) is 4.88 Å². The van der Waals surface area contributed by atoms with E-state index in [1.165, 1.54) is 11.3 Å². The number of non-ortho nitro benzene ring substituents is 1. The number of hydrogen-bond donors (Lipinski definition) is 1. The Morgan fingerprint density at radius 3 is 2.78 bits per heavy atom. The molecule has 1 amide bonds. The van der Waals surface area contributed by atoms with Gasteiger partial charge in [0.15, 0.2) is 6.61 Å². The maximum atomic E-state index is 13.5. The molecule has 1 aromatic heterocycles. The molecular weight excluding hydrogens is 327 g/mol. The standard InChI is InChI=1S/C14H11FN2O5S/c15-11-4-3-9(17(20)21)6-12(11)16-13(18)8-22-14(19)7-10-2-1-5-23-10/h1-6H,7-8H2,(H,16,18). The molecule has 1 N–H and O–H groups in total. The summed E-state index contributed by atoms with van der Waals surface area (Å²) in [4.78, 5) is 33.8. The summed E-state index contributed by atoms with van der Waals surface area (Å²) in [5.74, 6) is -2.21. The van der Waals surface area contributed by atoms with Crippen molar-refractivity contribution in [2.24, 2.45) is 0 Å². The van der Waals surface area contributed by atoms with Crippen molar-refractivity contribution >= 4 is 34.6 Å². The molecule has 23 heavy (non-hydrogen) atoms. The number of esters is 1. The molecule has 7 nitrogen and oxygen atoms in total. The first-order chi connectivity index (χ1) is 11.0. The summed E-state index contributed by atoms with van der Waals surface area (Å²) in [6.07, 6.45) is 0.0378. The van der Waals surface area contributed by atoms with Crippen molar-refractivity contribution in [3.63, 3.8) is 0 Å². The minimum absolute atomic E-state index is 0.0378. The van der Waals surface area contributed by atoms with Crippen LogP contribution < -0.4 is 5.32 Å². The van der Waals surface area contributed by atoms with E-state index in [1.54, 1.807) is 17.5 Å². The molecule has 0 atom stereocenters. The Morgan fingerprint density at radius 1 is 1.35 bits per heavy atom. The van der Waals surface area contributed by atoms with Crippen molar-refractivity contribution in [3.8, 4) is 0 Å². The molecule has 9 heteroatoms. The van der Waals surface area contributed by atoms with Crippen molar-refractivity contribution in [2.75, 3.05) is 11.9 Å². The van der Waals surface area contributed by atoms with Crippen LogP contribution >= 0.6 is 11.3 Å². The molecule has 0 saturated carbocycles. The smallest absolute Gasteiger partial charge is 0.311 e. The van der Waals surface area contributed by atoms with Gasteiger partial charge in [-0.3, -0.25) is 19.7 Å². The normalized spacial score (nSPS) is 10.1. The number of ether oxygens (including phenoxy) is 1. The fraction of sp³-hybridized carbons (Fsp3) is 0.143. The molecule has 0 fully saturated rings. The van der Waals surface area contributed by atoms with E-state index in [1.807, 2.05) is 0 Å². The Morgan fingerprint density at radius 2 is 2.13 bits per heavy atom. The highest BCUT2D eigenvalue weighted by Gasteiger charge is 2.14. The number of nitrogens with one attached hydrogen (secondary N) is 1. The summed E-state index contributed by atoms with van der Waals surface area (Å²) in [5.41, 5.74) is -0.713. The average molecular weight is 338 g/mol. The molecule has 2 rings (SSSR count). The number of halogens is 1. The van der Waals surface area contributed by atoms with Crippen LogP contribution in [0.2, 0.25) is 0 Å². The molecular formula is C14H11FN2O5S. The number of anilines is 1. The van der Waals surface area contributed by atoms with E-state index >= 15 is 0 Å². The molecule has 0 aliphatic rings. The number of nitro benzene ring substituents is 1. The van der Waals surface area contributed by atoms with Crippen molar-refractivity contribution in [3.05, 3.63) is 56.5 Å². The van der Waals surface area contributed by atoms with Gasteiger partial charge in [-0.1, -0.05) is 6.07 Å². The fourth-order valence-corrected chi connectivity index (χ4v) is 2.35. The highest BCUT2D eigenvalue weighted by atomic mass is 32.1. The zero-order chi connectivity index (χ0) is 16.8. The van der Waals surface area contributed by atoms with Crippen LogP contribution in [0.5, 0.6) is 0 Å². The van der Waals surface area contributed by atoms with Crippen LogP contribution in [0.3, 0.4) is 0 Å². The third-order valence-electron chi connectivity index (χ3n) is 2.70. The van der Waals surface area contributed by atoms with Gasteiger partial charge in [0.05, 0.1) is 17.0 Å². The maximum Gasteiger partial charge on any atom is 0.311 e. The highest BCUT2D eigenvalue weighted by Crippen LogP contribution is 2.21. The first-order valence-corrected chi connectivity index (χ1v) is 7.25. The summed E-state index contributed by atoms with van der Waals surface area (Å²) in [6.45, 7) is -0.605. The lowest BCUT2D eigenvalue weighted by molar-refractivity contribution is -0.384. The predicted molar refractivity (Wildman–Crippen MR) is 80.7 cm³/mol. The van der Waals surface area contributed by atoms with Gasteiger partial charge in [0.25, 0.3) is 11.6 Å². The summed E-state index contributed by atoms with van der Waals surface area (Å²) >= 11 is 1.38. The van der Waals surface area contributed by atoms with Crippen molar-refractivity contribution in [1.82, 2.24) is 0 Å². The van der Waals surface area contributed by atoms with Crippen LogP contribution in [0.15, 0.2) is 35.7 Å². The van der Waals surface area contributed by atoms with E-state index in [0.29, 0.717) is 0 Å². The number of hydrogen-bond acceptors (Lipinski definition) is 6. The number of carbonyl (C=O) groups excluding carboxylic acids is 2. The number of nitrogens with zero attached hydrogens (tertiary/aromatic N) is 1. The minimum atomic E-state index is -0.825. The van der Waals surface area contributed by atoms with Crippen molar-refractivity contribution in [1.29, 1.82) is 0 Å². The number of benzene rings is 1. The molecule has 0 saturated heterocycles. The third-order valence-corrected chi connectivity index (χ3v) is 3.57. The van der Waals surface area contributed by atoms with E-state index in [2.05, 4.69) is 5.32 Å². The summed E-state index contributed by atoms with van der Waals surface area (Å²) in [5, 5.41) is 14.6. The summed E-state index contributed by atoms with van der Waals surface area (Å²) < 4.78 is 18.3. The van der Waals surface area contributed by atoms with E-state index in [-0.39, 0.29) is 17.8 Å². The fourth-order valence-electron chi connectivity index (χ4n) is 1.66. The topological polar surface area (TPSA) is 98.5 Å². The highest BCUT2D eigenvalue weighted by molar-refractivity contribution is 7.10. The van der Waals surface area contributed by atoms with Crippen molar-refractivity contribution in [2.45, 2.75) is 6.42 Å². The van der Waals surface area contributed by atoms with Crippen LogP contribution in [-0.4, -0.2) is 23.4 Å². The van der Waals surface area contributed by atoms with E-state index < -0.39 is 29.2 Å². The second-order valence-electron chi connectivity index (χ2n) is 4.39. The lowest BCUT2D eigenvalue weighted by Crippen LogP contribution is -2.22. The molecule has 0 bridgehead atoms. The van der Waals surface area contributed by atoms with Gasteiger partial charge in [0.1, 0.15) is 5.82 Å². The molecule has 120 valence electrons. The van der Waals surface area contributed by atoms with E-state index in [9.17, 15) is 24.1 Å². The third kappa shape index (κ3) is 4.85. The predicted octanol–water partition coefficient (Wildman–Crippen LogP) is 2.52. The van der Waals surface area contributed by atoms with Gasteiger partial charge < -0.3 is 10.1 Å². The number of amides is 1. The second kappa shape index (κ2) is 7.45. The quantitative estimate of drug-likeness (QED) is 0.496. The van der Waals surface area contributed by atoms with Crippen LogP contribution in [-0.2, 0) is 20.7 Å². The van der Waals surface area contributed by atoms with E-state index in [4.69, 9.17) is 4.74 Å². The van der Waals surface area contributed by atoms with Gasteiger partial charge in [-0.2, -0.15) is 0 Å². The van der Waals surface area contributed by atoms with Crippen LogP contribution in [0.4, 0.5) is 15.8 Å². The maximum absolute atomic E-state index is 13.5.